The molecule has 3 rings (SSSR count). The predicted molar refractivity (Wildman–Crippen MR) is 85.0 cm³/mol. The molecule has 136 valence electrons. The molecule has 1 spiro atoms. The molecule has 2 aliphatic rings. The van der Waals surface area contributed by atoms with Crippen molar-refractivity contribution >= 4 is 12.1 Å². The Balaban J connectivity index is 1.92. The Kier molecular flexibility index (Phi) is 4.12. The Morgan fingerprint density at radius 3 is 2.72 bits per heavy atom. The molecule has 1 fully saturated rings. The van der Waals surface area contributed by atoms with Gasteiger partial charge in [-0.1, -0.05) is 13.8 Å². The molecule has 1 aromatic rings. The van der Waals surface area contributed by atoms with Crippen LogP contribution in [0.15, 0.2) is 18.2 Å². The first-order valence-electron chi connectivity index (χ1n) is 7.95. The summed E-state index contributed by atoms with van der Waals surface area (Å²) in [5.74, 6) is -2.00. The highest BCUT2D eigenvalue weighted by Crippen LogP contribution is 2.48. The van der Waals surface area contributed by atoms with Gasteiger partial charge >= 0.3 is 12.1 Å². The first-order valence-corrected chi connectivity index (χ1v) is 7.95. The van der Waals surface area contributed by atoms with E-state index >= 15 is 0 Å². The quantitative estimate of drug-likeness (QED) is 0.738. The van der Waals surface area contributed by atoms with Crippen molar-refractivity contribution in [1.82, 2.24) is 0 Å². The third kappa shape index (κ3) is 3.27. The van der Waals surface area contributed by atoms with Crippen molar-refractivity contribution in [3.63, 3.8) is 0 Å². The van der Waals surface area contributed by atoms with Crippen molar-refractivity contribution in [2.24, 2.45) is 11.1 Å². The topological polar surface area (TPSA) is 128 Å². The van der Waals surface area contributed by atoms with Gasteiger partial charge in [0.2, 0.25) is 5.79 Å². The van der Waals surface area contributed by atoms with Gasteiger partial charge < -0.3 is 30.2 Å². The standard InChI is InChI=1S/C17H21NO7/c1-16(2)6-12(24-15(18)22)13(19)17(8-16)23-7-10-5-9(14(20)21)3-4-11(10)25-17/h3-5,12-13,19H,6-8H2,1-2H3,(H2,18,22)(H,20,21)/t12-,13-,17-/m0/s1. The van der Waals surface area contributed by atoms with E-state index in [4.69, 9.17) is 25.1 Å². The van der Waals surface area contributed by atoms with E-state index in [1.807, 2.05) is 13.8 Å². The molecular formula is C17H21NO7. The highest BCUT2D eigenvalue weighted by molar-refractivity contribution is 5.88. The highest BCUT2D eigenvalue weighted by Gasteiger charge is 2.57. The van der Waals surface area contributed by atoms with Crippen LogP contribution in [0, 0.1) is 5.41 Å². The molecule has 1 heterocycles. The SMILES string of the molecule is CC1(C)C[C@H](OC(N)=O)[C@H](O)[C@@]2(C1)OCc1cc(C(=O)O)ccc1O2. The molecule has 8 heteroatoms. The summed E-state index contributed by atoms with van der Waals surface area (Å²) in [4.78, 5) is 22.2. The second-order valence-corrected chi connectivity index (χ2v) is 7.30. The number of fused-ring (bicyclic) bond motifs is 1. The zero-order chi connectivity index (χ0) is 18.4. The van der Waals surface area contributed by atoms with Gasteiger partial charge in [0.05, 0.1) is 12.2 Å². The summed E-state index contributed by atoms with van der Waals surface area (Å²) in [6, 6.07) is 4.45. The zero-order valence-electron chi connectivity index (χ0n) is 14.0. The van der Waals surface area contributed by atoms with E-state index in [1.165, 1.54) is 12.1 Å². The number of carbonyl (C=O) groups excluding carboxylic acids is 1. The van der Waals surface area contributed by atoms with Crippen molar-refractivity contribution in [3.05, 3.63) is 29.3 Å². The monoisotopic (exact) mass is 351 g/mol. The lowest BCUT2D eigenvalue weighted by Gasteiger charge is -2.51. The van der Waals surface area contributed by atoms with E-state index in [0.717, 1.165) is 0 Å². The number of nitrogens with two attached hydrogens (primary N) is 1. The summed E-state index contributed by atoms with van der Waals surface area (Å²) in [6.07, 6.45) is -2.27. The number of amides is 1. The minimum absolute atomic E-state index is 0.0763. The van der Waals surface area contributed by atoms with Crippen LogP contribution in [0.1, 0.15) is 42.6 Å². The maximum Gasteiger partial charge on any atom is 0.404 e. The van der Waals surface area contributed by atoms with Crippen LogP contribution in [0.25, 0.3) is 0 Å². The molecule has 8 nitrogen and oxygen atoms in total. The fourth-order valence-electron chi connectivity index (χ4n) is 3.61. The molecule has 1 aliphatic carbocycles. The minimum atomic E-state index is -1.39. The number of primary amides is 1. The molecule has 1 amide bonds. The maximum absolute atomic E-state index is 11.1. The zero-order valence-corrected chi connectivity index (χ0v) is 14.0. The smallest absolute Gasteiger partial charge is 0.404 e. The molecule has 0 unspecified atom stereocenters. The van der Waals surface area contributed by atoms with Crippen LogP contribution >= 0.6 is 0 Å². The number of hydrogen-bond donors (Lipinski definition) is 3. The van der Waals surface area contributed by atoms with Crippen molar-refractivity contribution in [3.8, 4) is 5.75 Å². The Morgan fingerprint density at radius 2 is 2.08 bits per heavy atom. The third-order valence-corrected chi connectivity index (χ3v) is 4.61. The number of hydrogen-bond acceptors (Lipinski definition) is 6. The van der Waals surface area contributed by atoms with E-state index in [2.05, 4.69) is 0 Å². The van der Waals surface area contributed by atoms with Gasteiger partial charge in [0, 0.05) is 12.0 Å². The van der Waals surface area contributed by atoms with Crippen molar-refractivity contribution < 1.29 is 34.0 Å². The van der Waals surface area contributed by atoms with Gasteiger partial charge in [-0.05, 0) is 30.0 Å². The van der Waals surface area contributed by atoms with Crippen molar-refractivity contribution in [1.29, 1.82) is 0 Å². The lowest BCUT2D eigenvalue weighted by molar-refractivity contribution is -0.304. The Bertz CT molecular complexity index is 717. The summed E-state index contributed by atoms with van der Waals surface area (Å²) in [7, 11) is 0. The number of carbonyl (C=O) groups is 2. The summed E-state index contributed by atoms with van der Waals surface area (Å²) >= 11 is 0. The third-order valence-electron chi connectivity index (χ3n) is 4.61. The Morgan fingerprint density at radius 1 is 1.36 bits per heavy atom. The van der Waals surface area contributed by atoms with E-state index in [1.54, 1.807) is 6.07 Å². The molecule has 25 heavy (non-hydrogen) atoms. The normalized spacial score (nSPS) is 30.2. The predicted octanol–water partition coefficient (Wildman–Crippen LogP) is 1.63. The number of aromatic carboxylic acids is 1. The Labute approximate surface area is 144 Å². The summed E-state index contributed by atoms with van der Waals surface area (Å²) in [5, 5.41) is 19.8. The van der Waals surface area contributed by atoms with Crippen molar-refractivity contribution in [2.45, 2.75) is 51.3 Å². The Hall–Kier alpha value is -2.32. The lowest BCUT2D eigenvalue weighted by Crippen LogP contribution is -2.63. The lowest BCUT2D eigenvalue weighted by atomic mass is 9.71. The second kappa shape index (κ2) is 5.89. The molecule has 3 atom stereocenters. The van der Waals surface area contributed by atoms with Gasteiger partial charge in [-0.2, -0.15) is 0 Å². The van der Waals surface area contributed by atoms with Gasteiger partial charge in [-0.25, -0.2) is 9.59 Å². The number of carboxylic acid groups (broad SMARTS) is 1. The molecular weight excluding hydrogens is 330 g/mol. The summed E-state index contributed by atoms with van der Waals surface area (Å²) in [5.41, 5.74) is 5.47. The van der Waals surface area contributed by atoms with E-state index in [0.29, 0.717) is 24.2 Å². The highest BCUT2D eigenvalue weighted by atomic mass is 16.7. The summed E-state index contributed by atoms with van der Waals surface area (Å²) < 4.78 is 16.8. The molecule has 1 aliphatic heterocycles. The number of benzene rings is 1. The molecule has 0 aromatic heterocycles. The van der Waals surface area contributed by atoms with Gasteiger partial charge in [-0.15, -0.1) is 0 Å². The van der Waals surface area contributed by atoms with E-state index in [-0.39, 0.29) is 17.6 Å². The number of carboxylic acids is 1. The van der Waals surface area contributed by atoms with Crippen LogP contribution in [0.3, 0.4) is 0 Å². The number of rotatable bonds is 2. The van der Waals surface area contributed by atoms with E-state index in [9.17, 15) is 14.7 Å². The first kappa shape index (κ1) is 17.5. The molecule has 0 radical (unpaired) electrons. The van der Waals surface area contributed by atoms with E-state index < -0.39 is 30.1 Å². The molecule has 4 N–H and O–H groups in total. The van der Waals surface area contributed by atoms with Gasteiger partial charge in [-0.3, -0.25) is 0 Å². The number of aliphatic hydroxyl groups is 1. The first-order chi connectivity index (χ1) is 11.6. The molecule has 0 bridgehead atoms. The fraction of sp³-hybridized carbons (Fsp3) is 0.529. The van der Waals surface area contributed by atoms with Gasteiger partial charge in [0.1, 0.15) is 11.9 Å². The molecule has 1 aromatic carbocycles. The number of aliphatic hydroxyl groups excluding tert-OH is 1. The minimum Gasteiger partial charge on any atom is -0.478 e. The number of ether oxygens (including phenoxy) is 3. The van der Waals surface area contributed by atoms with Crippen LogP contribution in [0.5, 0.6) is 5.75 Å². The van der Waals surface area contributed by atoms with Crippen LogP contribution < -0.4 is 10.5 Å². The molecule has 0 saturated heterocycles. The van der Waals surface area contributed by atoms with Crippen LogP contribution in [-0.4, -0.2) is 40.3 Å². The maximum atomic E-state index is 11.1. The van der Waals surface area contributed by atoms with Gasteiger partial charge in [0.25, 0.3) is 0 Å². The summed E-state index contributed by atoms with van der Waals surface area (Å²) in [6.45, 7) is 3.98. The molecule has 1 saturated carbocycles. The average molecular weight is 351 g/mol. The fourth-order valence-corrected chi connectivity index (χ4v) is 3.61. The van der Waals surface area contributed by atoms with Crippen LogP contribution in [-0.2, 0) is 16.1 Å². The second-order valence-electron chi connectivity index (χ2n) is 7.30. The largest absolute Gasteiger partial charge is 0.478 e. The van der Waals surface area contributed by atoms with Crippen molar-refractivity contribution in [2.75, 3.05) is 0 Å². The average Bonchev–Trinajstić information content (AvgIpc) is 2.50. The van der Waals surface area contributed by atoms with Crippen LogP contribution in [0.2, 0.25) is 0 Å². The van der Waals surface area contributed by atoms with Crippen LogP contribution in [0.4, 0.5) is 4.79 Å². The van der Waals surface area contributed by atoms with Gasteiger partial charge in [0.15, 0.2) is 6.10 Å².